The number of phenols is 1. The number of nitrogens with zero attached hydrogens (tertiary/aromatic N) is 1. The average Bonchev–Trinajstić information content (AvgIpc) is 2.93. The van der Waals surface area contributed by atoms with Gasteiger partial charge in [0.25, 0.3) is 0 Å². The van der Waals surface area contributed by atoms with E-state index < -0.39 is 5.54 Å². The fourth-order valence-electron chi connectivity index (χ4n) is 1.74. The first-order valence-electron chi connectivity index (χ1n) is 4.68. The Balaban J connectivity index is 2.57. The minimum Gasteiger partial charge on any atom is -0.506 e. The summed E-state index contributed by atoms with van der Waals surface area (Å²) < 4.78 is 0. The summed E-state index contributed by atoms with van der Waals surface area (Å²) >= 11 is 5.99. The molecule has 4 heteroatoms. The van der Waals surface area contributed by atoms with E-state index in [4.69, 9.17) is 11.6 Å². The van der Waals surface area contributed by atoms with Gasteiger partial charge in [0.05, 0.1) is 10.6 Å². The third-order valence-electron chi connectivity index (χ3n) is 2.68. The van der Waals surface area contributed by atoms with Gasteiger partial charge in [-0.1, -0.05) is 17.7 Å². The van der Waals surface area contributed by atoms with Gasteiger partial charge in [-0.2, -0.15) is 4.99 Å². The molecule has 0 spiro atoms. The van der Waals surface area contributed by atoms with Gasteiger partial charge in [-0.25, -0.2) is 4.79 Å². The summed E-state index contributed by atoms with van der Waals surface area (Å²) in [6.45, 7) is 1.86. The Morgan fingerprint density at radius 2 is 2.20 bits per heavy atom. The van der Waals surface area contributed by atoms with Crippen LogP contribution in [-0.2, 0) is 10.3 Å². The lowest BCUT2D eigenvalue weighted by molar-refractivity contribution is 0.473. The molecule has 0 unspecified atom stereocenters. The highest BCUT2D eigenvalue weighted by Gasteiger charge is 2.46. The van der Waals surface area contributed by atoms with Gasteiger partial charge < -0.3 is 5.11 Å². The van der Waals surface area contributed by atoms with Crippen LogP contribution in [0.3, 0.4) is 0 Å². The highest BCUT2D eigenvalue weighted by molar-refractivity contribution is 6.33. The number of hydrogen-bond acceptors (Lipinski definition) is 3. The highest BCUT2D eigenvalue weighted by Crippen LogP contribution is 2.53. The van der Waals surface area contributed by atoms with Crippen molar-refractivity contribution in [3.8, 4) is 5.75 Å². The Bertz CT molecular complexity index is 460. The van der Waals surface area contributed by atoms with Crippen molar-refractivity contribution in [2.45, 2.75) is 25.3 Å². The lowest BCUT2D eigenvalue weighted by Crippen LogP contribution is -2.03. The number of benzene rings is 1. The van der Waals surface area contributed by atoms with Crippen LogP contribution in [0.5, 0.6) is 5.75 Å². The third kappa shape index (κ3) is 1.65. The van der Waals surface area contributed by atoms with Gasteiger partial charge in [0.1, 0.15) is 5.75 Å². The van der Waals surface area contributed by atoms with Gasteiger partial charge >= 0.3 is 0 Å². The molecule has 0 aliphatic heterocycles. The number of hydrogen-bond donors (Lipinski definition) is 1. The second-order valence-electron chi connectivity index (χ2n) is 3.88. The van der Waals surface area contributed by atoms with E-state index in [1.165, 1.54) is 0 Å². The van der Waals surface area contributed by atoms with Crippen LogP contribution in [0.2, 0.25) is 5.02 Å². The highest BCUT2D eigenvalue weighted by atomic mass is 35.5. The molecule has 1 saturated carbocycles. The van der Waals surface area contributed by atoms with Crippen molar-refractivity contribution in [2.24, 2.45) is 4.99 Å². The first-order valence-corrected chi connectivity index (χ1v) is 5.05. The summed E-state index contributed by atoms with van der Waals surface area (Å²) in [6.07, 6.45) is 3.14. The summed E-state index contributed by atoms with van der Waals surface area (Å²) in [5.74, 6) is 0.0408. The minimum atomic E-state index is -0.525. The molecule has 1 aliphatic rings. The SMILES string of the molecule is Cc1cc(O)c(Cl)c(C2(N=C=O)CC2)c1. The smallest absolute Gasteiger partial charge is 0.235 e. The van der Waals surface area contributed by atoms with E-state index in [0.717, 1.165) is 24.0 Å². The summed E-state index contributed by atoms with van der Waals surface area (Å²) in [7, 11) is 0. The van der Waals surface area contributed by atoms with Gasteiger partial charge in [0, 0.05) is 5.56 Å². The van der Waals surface area contributed by atoms with E-state index in [1.807, 2.05) is 13.0 Å². The molecule has 1 aromatic carbocycles. The molecule has 78 valence electrons. The monoisotopic (exact) mass is 223 g/mol. The molecule has 0 atom stereocenters. The van der Waals surface area contributed by atoms with Crippen molar-refractivity contribution in [3.05, 3.63) is 28.3 Å². The summed E-state index contributed by atoms with van der Waals surface area (Å²) in [5.41, 5.74) is 1.10. The van der Waals surface area contributed by atoms with Crippen LogP contribution < -0.4 is 0 Å². The van der Waals surface area contributed by atoms with E-state index in [0.29, 0.717) is 0 Å². The molecule has 0 bridgehead atoms. The summed E-state index contributed by atoms with van der Waals surface area (Å²) in [5, 5.41) is 9.86. The van der Waals surface area contributed by atoms with Crippen LogP contribution >= 0.6 is 11.6 Å². The van der Waals surface area contributed by atoms with Gasteiger partial charge in [-0.3, -0.25) is 0 Å². The van der Waals surface area contributed by atoms with Gasteiger partial charge in [0.2, 0.25) is 6.08 Å². The zero-order valence-electron chi connectivity index (χ0n) is 8.25. The summed E-state index contributed by atoms with van der Waals surface area (Å²) in [4.78, 5) is 14.1. The maximum Gasteiger partial charge on any atom is 0.235 e. The quantitative estimate of drug-likeness (QED) is 0.619. The van der Waals surface area contributed by atoms with Crippen molar-refractivity contribution >= 4 is 17.7 Å². The minimum absolute atomic E-state index is 0.0408. The maximum absolute atomic E-state index is 10.3. The van der Waals surface area contributed by atoms with Crippen LogP contribution in [0.15, 0.2) is 17.1 Å². The Morgan fingerprint density at radius 3 is 2.73 bits per heavy atom. The molecule has 3 nitrogen and oxygen atoms in total. The average molecular weight is 224 g/mol. The largest absolute Gasteiger partial charge is 0.506 e. The number of carbonyl (C=O) groups excluding carboxylic acids is 1. The van der Waals surface area contributed by atoms with Crippen LogP contribution in [-0.4, -0.2) is 11.2 Å². The van der Waals surface area contributed by atoms with Gasteiger partial charge in [-0.15, -0.1) is 0 Å². The zero-order chi connectivity index (χ0) is 11.1. The van der Waals surface area contributed by atoms with Crippen molar-refractivity contribution in [1.82, 2.24) is 0 Å². The lowest BCUT2D eigenvalue weighted by atomic mass is 10.0. The van der Waals surface area contributed by atoms with E-state index in [-0.39, 0.29) is 10.8 Å². The predicted molar refractivity (Wildman–Crippen MR) is 56.9 cm³/mol. The first-order chi connectivity index (χ1) is 7.09. The Kier molecular flexibility index (Phi) is 2.29. The molecule has 0 heterocycles. The zero-order valence-corrected chi connectivity index (χ0v) is 9.01. The second-order valence-corrected chi connectivity index (χ2v) is 4.26. The van der Waals surface area contributed by atoms with Crippen molar-refractivity contribution in [1.29, 1.82) is 0 Å². The molecule has 0 radical (unpaired) electrons. The number of aryl methyl sites for hydroxylation is 1. The van der Waals surface area contributed by atoms with Crippen molar-refractivity contribution in [2.75, 3.05) is 0 Å². The van der Waals surface area contributed by atoms with Gasteiger partial charge in [0.15, 0.2) is 0 Å². The normalized spacial score (nSPS) is 16.9. The molecule has 1 fully saturated rings. The summed E-state index contributed by atoms with van der Waals surface area (Å²) in [6, 6.07) is 3.45. The molecule has 0 saturated heterocycles. The Hall–Kier alpha value is -1.31. The fourth-order valence-corrected chi connectivity index (χ4v) is 2.02. The van der Waals surface area contributed by atoms with E-state index >= 15 is 0 Å². The van der Waals surface area contributed by atoms with Gasteiger partial charge in [-0.05, 0) is 31.4 Å². The number of phenolic OH excluding ortho intramolecular Hbond substituents is 1. The Morgan fingerprint density at radius 1 is 1.53 bits per heavy atom. The fraction of sp³-hybridized carbons (Fsp3) is 0.364. The van der Waals surface area contributed by atoms with Crippen LogP contribution in [0.4, 0.5) is 0 Å². The number of halogens is 1. The molecule has 1 N–H and O–H groups in total. The standard InChI is InChI=1S/C11H10ClNO2/c1-7-4-8(10(12)9(15)5-7)11(2-3-11)13-6-14/h4-5,15H,2-3H2,1H3. The van der Waals surface area contributed by atoms with Crippen molar-refractivity contribution in [3.63, 3.8) is 0 Å². The molecule has 1 aliphatic carbocycles. The molecule has 1 aromatic rings. The molecular weight excluding hydrogens is 214 g/mol. The Labute approximate surface area is 92.4 Å². The van der Waals surface area contributed by atoms with Crippen LogP contribution in [0.1, 0.15) is 24.0 Å². The van der Waals surface area contributed by atoms with E-state index in [2.05, 4.69) is 4.99 Å². The molecule has 15 heavy (non-hydrogen) atoms. The number of aromatic hydroxyl groups is 1. The van der Waals surface area contributed by atoms with Crippen LogP contribution in [0.25, 0.3) is 0 Å². The molecule has 0 amide bonds. The predicted octanol–water partition coefficient (Wildman–Crippen LogP) is 2.68. The number of rotatable bonds is 2. The second kappa shape index (κ2) is 3.37. The number of aliphatic imine (C=N–C) groups is 1. The first kappa shape index (κ1) is 10.2. The van der Waals surface area contributed by atoms with E-state index in [9.17, 15) is 9.90 Å². The molecular formula is C11H10ClNO2. The molecule has 2 rings (SSSR count). The van der Waals surface area contributed by atoms with E-state index in [1.54, 1.807) is 12.1 Å². The maximum atomic E-state index is 10.3. The molecule has 0 aromatic heterocycles. The lowest BCUT2D eigenvalue weighted by Gasteiger charge is -2.12. The topological polar surface area (TPSA) is 49.7 Å². The van der Waals surface area contributed by atoms with Crippen molar-refractivity contribution < 1.29 is 9.90 Å². The van der Waals surface area contributed by atoms with Crippen LogP contribution in [0, 0.1) is 6.92 Å². The number of isocyanates is 1. The third-order valence-corrected chi connectivity index (χ3v) is 3.08.